The topological polar surface area (TPSA) is 62.8 Å². The summed E-state index contributed by atoms with van der Waals surface area (Å²) in [5.74, 6) is 2.99. The van der Waals surface area contributed by atoms with Gasteiger partial charge in [0.15, 0.2) is 5.82 Å². The van der Waals surface area contributed by atoms with Crippen molar-refractivity contribution in [1.82, 2.24) is 15.2 Å². The Balaban J connectivity index is 1.60. The summed E-state index contributed by atoms with van der Waals surface area (Å²) in [4.78, 5) is 4.66. The highest BCUT2D eigenvalue weighted by molar-refractivity contribution is 5.86. The molecule has 1 aromatic carbocycles. The summed E-state index contributed by atoms with van der Waals surface area (Å²) in [7, 11) is 1.66. The maximum atomic E-state index is 5.39. The average molecular weight is 308 g/mol. The van der Waals surface area contributed by atoms with Gasteiger partial charge in [-0.3, -0.25) is 5.10 Å². The predicted molar refractivity (Wildman–Crippen MR) is 91.4 cm³/mol. The van der Waals surface area contributed by atoms with Crippen LogP contribution in [-0.2, 0) is 0 Å². The number of hydrogen-bond acceptors (Lipinski definition) is 4. The van der Waals surface area contributed by atoms with Crippen LogP contribution in [0.2, 0.25) is 0 Å². The fraction of sp³-hybridized carbons (Fsp3) is 0.333. The van der Waals surface area contributed by atoms with E-state index < -0.39 is 0 Å². The largest absolute Gasteiger partial charge is 0.494 e. The Kier molecular flexibility index (Phi) is 3.61. The molecule has 5 nitrogen and oxygen atoms in total. The van der Waals surface area contributed by atoms with Crippen LogP contribution in [0, 0.1) is 0 Å². The SMILES string of the molecule is COc1cccc2ccc(Nc3cc(C4CCCC4)[nH]n3)nc12. The zero-order valence-corrected chi connectivity index (χ0v) is 13.2. The molecule has 1 fully saturated rings. The number of hydrogen-bond donors (Lipinski definition) is 2. The molecule has 0 radical (unpaired) electrons. The second-order valence-corrected chi connectivity index (χ2v) is 6.04. The molecule has 1 aliphatic rings. The highest BCUT2D eigenvalue weighted by Gasteiger charge is 2.19. The van der Waals surface area contributed by atoms with E-state index in [2.05, 4.69) is 26.6 Å². The number of aromatic nitrogens is 3. The second kappa shape index (κ2) is 5.91. The summed E-state index contributed by atoms with van der Waals surface area (Å²) in [5.41, 5.74) is 2.08. The number of ether oxygens (including phenoxy) is 1. The van der Waals surface area contributed by atoms with Gasteiger partial charge < -0.3 is 10.1 Å². The van der Waals surface area contributed by atoms with E-state index >= 15 is 0 Å². The molecule has 0 spiro atoms. The molecule has 2 aromatic heterocycles. The van der Waals surface area contributed by atoms with E-state index in [-0.39, 0.29) is 0 Å². The van der Waals surface area contributed by atoms with Crippen molar-refractivity contribution in [3.63, 3.8) is 0 Å². The number of aromatic amines is 1. The fourth-order valence-corrected chi connectivity index (χ4v) is 3.33. The van der Waals surface area contributed by atoms with Crippen molar-refractivity contribution in [1.29, 1.82) is 0 Å². The van der Waals surface area contributed by atoms with Crippen LogP contribution in [0.1, 0.15) is 37.3 Å². The summed E-state index contributed by atoms with van der Waals surface area (Å²) < 4.78 is 5.39. The Labute approximate surface area is 135 Å². The maximum Gasteiger partial charge on any atom is 0.153 e. The molecule has 0 saturated heterocycles. The number of fused-ring (bicyclic) bond motifs is 1. The number of benzene rings is 1. The highest BCUT2D eigenvalue weighted by atomic mass is 16.5. The normalized spacial score (nSPS) is 15.2. The van der Waals surface area contributed by atoms with Gasteiger partial charge in [0.1, 0.15) is 17.1 Å². The van der Waals surface area contributed by atoms with Gasteiger partial charge in [0, 0.05) is 23.1 Å². The Morgan fingerprint density at radius 3 is 2.83 bits per heavy atom. The number of pyridine rings is 1. The first-order valence-electron chi connectivity index (χ1n) is 8.09. The zero-order valence-electron chi connectivity index (χ0n) is 13.2. The molecule has 1 saturated carbocycles. The molecule has 118 valence electrons. The van der Waals surface area contributed by atoms with Crippen molar-refractivity contribution in [2.45, 2.75) is 31.6 Å². The van der Waals surface area contributed by atoms with Crippen LogP contribution >= 0.6 is 0 Å². The molecule has 23 heavy (non-hydrogen) atoms. The van der Waals surface area contributed by atoms with E-state index in [1.54, 1.807) is 7.11 Å². The van der Waals surface area contributed by atoms with Crippen LogP contribution in [0.15, 0.2) is 36.4 Å². The molecule has 0 amide bonds. The fourth-order valence-electron chi connectivity index (χ4n) is 3.33. The van der Waals surface area contributed by atoms with Crippen LogP contribution < -0.4 is 10.1 Å². The average Bonchev–Trinajstić information content (AvgIpc) is 3.25. The van der Waals surface area contributed by atoms with Crippen molar-refractivity contribution in [2.75, 3.05) is 12.4 Å². The quantitative estimate of drug-likeness (QED) is 0.751. The number of para-hydroxylation sites is 1. The summed E-state index contributed by atoms with van der Waals surface area (Å²) in [6.45, 7) is 0. The molecule has 2 N–H and O–H groups in total. The molecule has 0 unspecified atom stereocenters. The molecular formula is C18H20N4O. The second-order valence-electron chi connectivity index (χ2n) is 6.04. The van der Waals surface area contributed by atoms with Gasteiger partial charge in [-0.25, -0.2) is 4.98 Å². The third-order valence-corrected chi connectivity index (χ3v) is 4.55. The van der Waals surface area contributed by atoms with Gasteiger partial charge in [0.2, 0.25) is 0 Å². The van der Waals surface area contributed by atoms with Crippen LogP contribution in [0.5, 0.6) is 5.75 Å². The Morgan fingerprint density at radius 2 is 2.00 bits per heavy atom. The van der Waals surface area contributed by atoms with Gasteiger partial charge >= 0.3 is 0 Å². The standard InChI is InChI=1S/C18H20N4O/c1-23-15-8-4-7-13-9-10-16(20-18(13)15)19-17-11-14(21-22-17)12-5-2-3-6-12/h4,7-12H,2-3,5-6H2,1H3,(H2,19,20,21,22). The lowest BCUT2D eigenvalue weighted by molar-refractivity contribution is 0.419. The first-order chi connectivity index (χ1) is 11.3. The zero-order chi connectivity index (χ0) is 15.6. The van der Waals surface area contributed by atoms with E-state index in [1.807, 2.05) is 30.3 Å². The molecule has 2 heterocycles. The lowest BCUT2D eigenvalue weighted by Gasteiger charge is -2.07. The van der Waals surface area contributed by atoms with Crippen molar-refractivity contribution >= 4 is 22.5 Å². The number of H-pyrrole nitrogens is 1. The summed E-state index contributed by atoms with van der Waals surface area (Å²) in [6, 6.07) is 12.0. The summed E-state index contributed by atoms with van der Waals surface area (Å²) >= 11 is 0. The number of anilines is 2. The third-order valence-electron chi connectivity index (χ3n) is 4.55. The molecule has 1 aliphatic carbocycles. The highest BCUT2D eigenvalue weighted by Crippen LogP contribution is 2.34. The lowest BCUT2D eigenvalue weighted by atomic mass is 10.0. The van der Waals surface area contributed by atoms with Gasteiger partial charge in [-0.2, -0.15) is 5.10 Å². The smallest absolute Gasteiger partial charge is 0.153 e. The Bertz CT molecular complexity index is 821. The summed E-state index contributed by atoms with van der Waals surface area (Å²) in [6.07, 6.45) is 5.15. The number of methoxy groups -OCH3 is 1. The lowest BCUT2D eigenvalue weighted by Crippen LogP contribution is -1.95. The minimum Gasteiger partial charge on any atom is -0.494 e. The first kappa shape index (κ1) is 14.1. The molecular weight excluding hydrogens is 288 g/mol. The Hall–Kier alpha value is -2.56. The van der Waals surface area contributed by atoms with Crippen LogP contribution in [0.25, 0.3) is 10.9 Å². The van der Waals surface area contributed by atoms with Crippen molar-refractivity contribution in [3.05, 3.63) is 42.1 Å². The van der Waals surface area contributed by atoms with E-state index in [0.717, 1.165) is 28.3 Å². The minimum atomic E-state index is 0.628. The van der Waals surface area contributed by atoms with Gasteiger partial charge in [-0.05, 0) is 31.0 Å². The number of nitrogens with one attached hydrogen (secondary N) is 2. The molecule has 3 aromatic rings. The molecule has 4 rings (SSSR count). The Morgan fingerprint density at radius 1 is 1.13 bits per heavy atom. The maximum absolute atomic E-state index is 5.39. The number of rotatable bonds is 4. The molecule has 0 bridgehead atoms. The van der Waals surface area contributed by atoms with Crippen LogP contribution in [-0.4, -0.2) is 22.3 Å². The monoisotopic (exact) mass is 308 g/mol. The van der Waals surface area contributed by atoms with Gasteiger partial charge in [0.05, 0.1) is 7.11 Å². The first-order valence-corrected chi connectivity index (χ1v) is 8.09. The van der Waals surface area contributed by atoms with Crippen molar-refractivity contribution in [2.24, 2.45) is 0 Å². The minimum absolute atomic E-state index is 0.628. The van der Waals surface area contributed by atoms with Crippen LogP contribution in [0.3, 0.4) is 0 Å². The third kappa shape index (κ3) is 2.74. The predicted octanol–water partition coefficient (Wildman–Crippen LogP) is 4.37. The molecule has 0 atom stereocenters. The number of nitrogens with zero attached hydrogens (tertiary/aromatic N) is 2. The van der Waals surface area contributed by atoms with E-state index in [1.165, 1.54) is 31.4 Å². The van der Waals surface area contributed by atoms with Crippen LogP contribution in [0.4, 0.5) is 11.6 Å². The van der Waals surface area contributed by atoms with Crippen molar-refractivity contribution < 1.29 is 4.74 Å². The van der Waals surface area contributed by atoms with E-state index in [4.69, 9.17) is 4.74 Å². The molecule has 0 aliphatic heterocycles. The van der Waals surface area contributed by atoms with E-state index in [0.29, 0.717) is 5.92 Å². The van der Waals surface area contributed by atoms with Gasteiger partial charge in [0.25, 0.3) is 0 Å². The van der Waals surface area contributed by atoms with Gasteiger partial charge in [-0.15, -0.1) is 0 Å². The van der Waals surface area contributed by atoms with Gasteiger partial charge in [-0.1, -0.05) is 25.0 Å². The van der Waals surface area contributed by atoms with Crippen molar-refractivity contribution in [3.8, 4) is 5.75 Å². The summed E-state index contributed by atoms with van der Waals surface area (Å²) in [5, 5.41) is 11.9. The molecule has 5 heteroatoms. The van der Waals surface area contributed by atoms with E-state index in [9.17, 15) is 0 Å².